The van der Waals surface area contributed by atoms with Gasteiger partial charge in [0.25, 0.3) is 0 Å². The summed E-state index contributed by atoms with van der Waals surface area (Å²) in [5.74, 6) is -0.163. The lowest BCUT2D eigenvalue weighted by molar-refractivity contribution is -0.137. The van der Waals surface area contributed by atoms with Gasteiger partial charge in [0.15, 0.2) is 0 Å². The molecule has 2 aromatic carbocycles. The molecule has 24 heavy (non-hydrogen) atoms. The minimum Gasteiger partial charge on any atom is -0.465 e. The van der Waals surface area contributed by atoms with E-state index < -0.39 is 17.7 Å². The Bertz CT molecular complexity index is 935. The number of imidazole rings is 1. The maximum atomic E-state index is 12.8. The first-order valence-electron chi connectivity index (χ1n) is 6.74. The molecule has 3 rings (SSSR count). The van der Waals surface area contributed by atoms with Gasteiger partial charge in [-0.05, 0) is 36.4 Å². The van der Waals surface area contributed by atoms with Crippen molar-refractivity contribution in [3.05, 3.63) is 52.0 Å². The Kier molecular flexibility index (Phi) is 4.08. The topological polar surface area (TPSA) is 55.0 Å². The van der Waals surface area contributed by atoms with Crippen molar-refractivity contribution in [3.8, 4) is 11.4 Å². The van der Waals surface area contributed by atoms with Crippen LogP contribution in [0.15, 0.2) is 40.9 Å². The van der Waals surface area contributed by atoms with Crippen LogP contribution >= 0.6 is 15.9 Å². The molecule has 0 saturated heterocycles. The van der Waals surface area contributed by atoms with Crippen molar-refractivity contribution in [2.24, 2.45) is 0 Å². The molecule has 0 bridgehead atoms. The molecule has 0 aliphatic rings. The molecule has 0 spiro atoms. The SMILES string of the molecule is COC(=O)c1cc(Br)cc(-c2nc3cc(C(F)(F)F)ccc3[nH]2)c1. The van der Waals surface area contributed by atoms with Crippen molar-refractivity contribution in [2.45, 2.75) is 6.18 Å². The first-order valence-corrected chi connectivity index (χ1v) is 7.53. The minimum absolute atomic E-state index is 0.194. The fraction of sp³-hybridized carbons (Fsp3) is 0.125. The van der Waals surface area contributed by atoms with Crippen LogP contribution in [0.4, 0.5) is 13.2 Å². The standard InChI is InChI=1S/C16H10BrF3N2O2/c1-24-15(23)9-4-8(5-11(17)6-9)14-21-12-3-2-10(16(18,19)20)7-13(12)22-14/h2-7H,1H3,(H,21,22). The van der Waals surface area contributed by atoms with Crippen molar-refractivity contribution < 1.29 is 22.7 Å². The highest BCUT2D eigenvalue weighted by atomic mass is 79.9. The molecule has 0 atom stereocenters. The molecule has 0 amide bonds. The van der Waals surface area contributed by atoms with Crippen LogP contribution in [0.25, 0.3) is 22.4 Å². The molecule has 1 heterocycles. The third-order valence-electron chi connectivity index (χ3n) is 3.40. The monoisotopic (exact) mass is 398 g/mol. The van der Waals surface area contributed by atoms with E-state index in [1.54, 1.807) is 18.2 Å². The second kappa shape index (κ2) is 5.94. The number of aromatic amines is 1. The number of hydrogen-bond donors (Lipinski definition) is 1. The van der Waals surface area contributed by atoms with Crippen LogP contribution in [-0.4, -0.2) is 23.0 Å². The third-order valence-corrected chi connectivity index (χ3v) is 3.86. The summed E-state index contributed by atoms with van der Waals surface area (Å²) in [6.07, 6.45) is -4.43. The zero-order valence-corrected chi connectivity index (χ0v) is 13.8. The van der Waals surface area contributed by atoms with E-state index in [0.717, 1.165) is 12.1 Å². The maximum Gasteiger partial charge on any atom is 0.416 e. The van der Waals surface area contributed by atoms with E-state index in [1.807, 2.05) is 0 Å². The summed E-state index contributed by atoms with van der Waals surface area (Å²) in [7, 11) is 1.27. The summed E-state index contributed by atoms with van der Waals surface area (Å²) in [4.78, 5) is 18.8. The van der Waals surface area contributed by atoms with Gasteiger partial charge in [0.1, 0.15) is 5.82 Å². The number of ether oxygens (including phenoxy) is 1. The summed E-state index contributed by atoms with van der Waals surface area (Å²) >= 11 is 3.29. The number of fused-ring (bicyclic) bond motifs is 1. The molecule has 0 aliphatic heterocycles. The first-order chi connectivity index (χ1) is 11.3. The lowest BCUT2D eigenvalue weighted by Gasteiger charge is -2.04. The molecule has 1 aromatic heterocycles. The van der Waals surface area contributed by atoms with Crippen LogP contribution in [-0.2, 0) is 10.9 Å². The van der Waals surface area contributed by atoms with Crippen LogP contribution < -0.4 is 0 Å². The molecular weight excluding hydrogens is 389 g/mol. The number of aromatic nitrogens is 2. The second-order valence-electron chi connectivity index (χ2n) is 5.04. The average molecular weight is 399 g/mol. The summed E-state index contributed by atoms with van der Waals surface area (Å²) < 4.78 is 43.7. The second-order valence-corrected chi connectivity index (χ2v) is 5.95. The lowest BCUT2D eigenvalue weighted by Crippen LogP contribution is -2.04. The normalized spacial score (nSPS) is 11.7. The molecule has 0 radical (unpaired) electrons. The molecule has 0 saturated carbocycles. The highest BCUT2D eigenvalue weighted by Gasteiger charge is 2.30. The molecule has 1 N–H and O–H groups in total. The van der Waals surface area contributed by atoms with Crippen molar-refractivity contribution in [2.75, 3.05) is 7.11 Å². The number of halogens is 4. The van der Waals surface area contributed by atoms with Gasteiger partial charge in [-0.3, -0.25) is 0 Å². The van der Waals surface area contributed by atoms with Crippen LogP contribution in [0.5, 0.6) is 0 Å². The number of benzene rings is 2. The number of carbonyl (C=O) groups is 1. The van der Waals surface area contributed by atoms with Gasteiger partial charge in [0, 0.05) is 10.0 Å². The number of nitrogens with one attached hydrogen (secondary N) is 1. The number of carbonyl (C=O) groups excluding carboxylic acids is 1. The van der Waals surface area contributed by atoms with E-state index in [0.29, 0.717) is 26.9 Å². The number of esters is 1. The van der Waals surface area contributed by atoms with E-state index in [1.165, 1.54) is 13.2 Å². The molecule has 0 aliphatic carbocycles. The Labute approximate surface area is 142 Å². The fourth-order valence-electron chi connectivity index (χ4n) is 2.28. The predicted octanol–water partition coefficient (Wildman–Crippen LogP) is 4.80. The van der Waals surface area contributed by atoms with Gasteiger partial charge in [0.05, 0.1) is 29.3 Å². The maximum absolute atomic E-state index is 12.8. The number of nitrogens with zero attached hydrogens (tertiary/aromatic N) is 1. The van der Waals surface area contributed by atoms with E-state index in [4.69, 9.17) is 0 Å². The Balaban J connectivity index is 2.10. The quantitative estimate of drug-likeness (QED) is 0.630. The van der Waals surface area contributed by atoms with Crippen molar-refractivity contribution in [1.82, 2.24) is 9.97 Å². The molecule has 4 nitrogen and oxygen atoms in total. The smallest absolute Gasteiger partial charge is 0.416 e. The fourth-order valence-corrected chi connectivity index (χ4v) is 2.77. The van der Waals surface area contributed by atoms with Gasteiger partial charge >= 0.3 is 12.1 Å². The van der Waals surface area contributed by atoms with Gasteiger partial charge < -0.3 is 9.72 Å². The van der Waals surface area contributed by atoms with Crippen LogP contribution in [0.3, 0.4) is 0 Å². The van der Waals surface area contributed by atoms with Crippen molar-refractivity contribution in [1.29, 1.82) is 0 Å². The largest absolute Gasteiger partial charge is 0.465 e. The Morgan fingerprint density at radius 2 is 1.96 bits per heavy atom. The summed E-state index contributed by atoms with van der Waals surface area (Å²) in [6.45, 7) is 0. The lowest BCUT2D eigenvalue weighted by atomic mass is 10.1. The van der Waals surface area contributed by atoms with E-state index in [2.05, 4.69) is 30.6 Å². The predicted molar refractivity (Wildman–Crippen MR) is 85.6 cm³/mol. The molecule has 3 aromatic rings. The number of H-pyrrole nitrogens is 1. The van der Waals surface area contributed by atoms with Crippen LogP contribution in [0.1, 0.15) is 15.9 Å². The van der Waals surface area contributed by atoms with Crippen LogP contribution in [0.2, 0.25) is 0 Å². The van der Waals surface area contributed by atoms with Crippen molar-refractivity contribution >= 4 is 32.9 Å². The Hall–Kier alpha value is -2.35. The molecule has 0 fully saturated rings. The minimum atomic E-state index is -4.43. The van der Waals surface area contributed by atoms with Crippen molar-refractivity contribution in [3.63, 3.8) is 0 Å². The zero-order chi connectivity index (χ0) is 17.5. The average Bonchev–Trinajstić information content (AvgIpc) is 2.95. The van der Waals surface area contributed by atoms with E-state index in [-0.39, 0.29) is 5.52 Å². The Morgan fingerprint density at radius 3 is 2.62 bits per heavy atom. The molecular formula is C16H10BrF3N2O2. The van der Waals surface area contributed by atoms with Gasteiger partial charge in [-0.1, -0.05) is 15.9 Å². The first kappa shape index (κ1) is 16.5. The van der Waals surface area contributed by atoms with E-state index >= 15 is 0 Å². The highest BCUT2D eigenvalue weighted by molar-refractivity contribution is 9.10. The number of methoxy groups -OCH3 is 1. The third kappa shape index (κ3) is 3.14. The highest BCUT2D eigenvalue weighted by Crippen LogP contribution is 2.32. The number of rotatable bonds is 2. The van der Waals surface area contributed by atoms with Gasteiger partial charge in [-0.15, -0.1) is 0 Å². The molecule has 8 heteroatoms. The summed E-state index contributed by atoms with van der Waals surface area (Å²) in [6, 6.07) is 8.14. The summed E-state index contributed by atoms with van der Waals surface area (Å²) in [5.41, 5.74) is 0.752. The number of alkyl halides is 3. The Morgan fingerprint density at radius 1 is 1.21 bits per heavy atom. The number of hydrogen-bond acceptors (Lipinski definition) is 3. The van der Waals surface area contributed by atoms with Gasteiger partial charge in [-0.25, -0.2) is 9.78 Å². The molecule has 0 unspecified atom stereocenters. The molecule has 124 valence electrons. The van der Waals surface area contributed by atoms with Crippen LogP contribution in [0, 0.1) is 0 Å². The van der Waals surface area contributed by atoms with E-state index in [9.17, 15) is 18.0 Å². The zero-order valence-electron chi connectivity index (χ0n) is 12.2. The van der Waals surface area contributed by atoms with Gasteiger partial charge in [0.2, 0.25) is 0 Å². The summed E-state index contributed by atoms with van der Waals surface area (Å²) in [5, 5.41) is 0. The van der Waals surface area contributed by atoms with Gasteiger partial charge in [-0.2, -0.15) is 13.2 Å².